The zero-order chi connectivity index (χ0) is 20.6. The van der Waals surface area contributed by atoms with Crippen LogP contribution in [0.25, 0.3) is 11.1 Å². The molecule has 0 radical (unpaired) electrons. The minimum absolute atomic E-state index is 0.189. The lowest BCUT2D eigenvalue weighted by molar-refractivity contribution is -0.147. The van der Waals surface area contributed by atoms with Crippen molar-refractivity contribution in [3.8, 4) is 0 Å². The first-order chi connectivity index (χ1) is 14.1. The largest absolute Gasteiger partial charge is 0.466 e. The summed E-state index contributed by atoms with van der Waals surface area (Å²) in [4.78, 5) is 24.4. The standard InChI is InChI=1S/C20H24FN5O3/c1-3-28-20(27)13(2)11-22-9-7-17-26-18-16(29-17)6-10-24-19(18)25-12-15-14(21)5-4-8-23-15/h4-6,8,10,13,22H,3,7,9,11-12H2,1-2H3,(H,24,25). The Bertz CT molecular complexity index is 962. The third-order valence-corrected chi connectivity index (χ3v) is 4.26. The number of pyridine rings is 2. The summed E-state index contributed by atoms with van der Waals surface area (Å²) in [6.07, 6.45) is 3.70. The third-order valence-electron chi connectivity index (χ3n) is 4.26. The summed E-state index contributed by atoms with van der Waals surface area (Å²) in [7, 11) is 0. The topological polar surface area (TPSA) is 102 Å². The van der Waals surface area contributed by atoms with Crippen LogP contribution in [0.15, 0.2) is 35.0 Å². The van der Waals surface area contributed by atoms with Gasteiger partial charge in [0.25, 0.3) is 0 Å². The number of hydrogen-bond donors (Lipinski definition) is 2. The Labute approximate surface area is 167 Å². The van der Waals surface area contributed by atoms with E-state index in [4.69, 9.17) is 9.15 Å². The van der Waals surface area contributed by atoms with E-state index in [-0.39, 0.29) is 24.2 Å². The predicted octanol–water partition coefficient (Wildman–Crippen LogP) is 2.70. The molecule has 1 unspecified atom stereocenters. The SMILES string of the molecule is CCOC(=O)C(C)CNCCc1nc2c(NCc3ncccc3F)nccc2o1. The Morgan fingerprint density at radius 1 is 1.31 bits per heavy atom. The second kappa shape index (κ2) is 9.92. The molecule has 154 valence electrons. The van der Waals surface area contributed by atoms with Crippen molar-refractivity contribution >= 4 is 22.9 Å². The molecule has 0 saturated heterocycles. The molecular weight excluding hydrogens is 377 g/mol. The number of anilines is 1. The van der Waals surface area contributed by atoms with E-state index in [9.17, 15) is 9.18 Å². The Morgan fingerprint density at radius 3 is 2.97 bits per heavy atom. The van der Waals surface area contributed by atoms with Gasteiger partial charge < -0.3 is 19.8 Å². The number of fused-ring (bicyclic) bond motifs is 1. The van der Waals surface area contributed by atoms with E-state index in [1.165, 1.54) is 12.3 Å². The molecular formula is C20H24FN5O3. The summed E-state index contributed by atoms with van der Waals surface area (Å²) < 4.78 is 24.5. The molecule has 29 heavy (non-hydrogen) atoms. The highest BCUT2D eigenvalue weighted by atomic mass is 19.1. The number of hydrogen-bond acceptors (Lipinski definition) is 8. The smallest absolute Gasteiger partial charge is 0.309 e. The molecule has 2 N–H and O–H groups in total. The van der Waals surface area contributed by atoms with E-state index in [1.54, 1.807) is 25.3 Å². The van der Waals surface area contributed by atoms with Crippen LogP contribution in [0, 0.1) is 11.7 Å². The molecule has 0 aliphatic heterocycles. The first kappa shape index (κ1) is 20.7. The number of rotatable bonds is 10. The van der Waals surface area contributed by atoms with Crippen LogP contribution >= 0.6 is 0 Å². The number of oxazole rings is 1. The van der Waals surface area contributed by atoms with Gasteiger partial charge in [0.2, 0.25) is 0 Å². The molecule has 3 aromatic heterocycles. The van der Waals surface area contributed by atoms with Gasteiger partial charge in [0.15, 0.2) is 22.8 Å². The number of esters is 1. The van der Waals surface area contributed by atoms with Crippen LogP contribution in [-0.2, 0) is 22.5 Å². The second-order valence-corrected chi connectivity index (χ2v) is 6.51. The lowest BCUT2D eigenvalue weighted by Crippen LogP contribution is -2.29. The summed E-state index contributed by atoms with van der Waals surface area (Å²) in [6.45, 7) is 5.29. The number of halogens is 1. The number of nitrogens with one attached hydrogen (secondary N) is 2. The first-order valence-electron chi connectivity index (χ1n) is 9.53. The van der Waals surface area contributed by atoms with Gasteiger partial charge in [0.05, 0.1) is 24.8 Å². The van der Waals surface area contributed by atoms with Crippen LogP contribution in [0.1, 0.15) is 25.4 Å². The fourth-order valence-corrected chi connectivity index (χ4v) is 2.74. The van der Waals surface area contributed by atoms with E-state index in [0.29, 0.717) is 54.6 Å². The van der Waals surface area contributed by atoms with Crippen molar-refractivity contribution in [2.45, 2.75) is 26.8 Å². The Balaban J connectivity index is 1.57. The zero-order valence-electron chi connectivity index (χ0n) is 16.4. The highest BCUT2D eigenvalue weighted by Crippen LogP contribution is 2.22. The Kier molecular flexibility index (Phi) is 7.07. The van der Waals surface area contributed by atoms with Crippen molar-refractivity contribution in [2.75, 3.05) is 25.0 Å². The maximum atomic E-state index is 13.7. The highest BCUT2D eigenvalue weighted by Gasteiger charge is 2.14. The molecule has 8 nitrogen and oxygen atoms in total. The van der Waals surface area contributed by atoms with Gasteiger partial charge in [-0.25, -0.2) is 14.4 Å². The number of carbonyl (C=O) groups is 1. The van der Waals surface area contributed by atoms with Crippen LogP contribution in [0.2, 0.25) is 0 Å². The average molecular weight is 401 g/mol. The zero-order valence-corrected chi connectivity index (χ0v) is 16.4. The molecule has 0 bridgehead atoms. The summed E-state index contributed by atoms with van der Waals surface area (Å²) >= 11 is 0. The summed E-state index contributed by atoms with van der Waals surface area (Å²) in [5.74, 6) is 0.248. The molecule has 0 saturated carbocycles. The normalized spacial score (nSPS) is 12.1. The molecule has 0 spiro atoms. The maximum Gasteiger partial charge on any atom is 0.309 e. The van der Waals surface area contributed by atoms with Crippen LogP contribution in [0.4, 0.5) is 10.2 Å². The minimum atomic E-state index is -0.379. The van der Waals surface area contributed by atoms with Crippen molar-refractivity contribution in [3.05, 3.63) is 48.0 Å². The van der Waals surface area contributed by atoms with Crippen LogP contribution < -0.4 is 10.6 Å². The molecule has 9 heteroatoms. The predicted molar refractivity (Wildman–Crippen MR) is 106 cm³/mol. The van der Waals surface area contributed by atoms with Gasteiger partial charge in [-0.1, -0.05) is 6.92 Å². The van der Waals surface area contributed by atoms with Crippen molar-refractivity contribution in [2.24, 2.45) is 5.92 Å². The number of ether oxygens (including phenoxy) is 1. The Hall–Kier alpha value is -3.07. The van der Waals surface area contributed by atoms with E-state index in [0.717, 1.165) is 0 Å². The minimum Gasteiger partial charge on any atom is -0.466 e. The van der Waals surface area contributed by atoms with Gasteiger partial charge in [0.1, 0.15) is 5.82 Å². The van der Waals surface area contributed by atoms with Crippen LogP contribution in [0.5, 0.6) is 0 Å². The number of nitrogens with zero attached hydrogens (tertiary/aromatic N) is 3. The molecule has 0 aliphatic rings. The van der Waals surface area contributed by atoms with Gasteiger partial charge in [-0.05, 0) is 19.1 Å². The van der Waals surface area contributed by atoms with Gasteiger partial charge >= 0.3 is 5.97 Å². The molecule has 1 atom stereocenters. The Morgan fingerprint density at radius 2 is 2.17 bits per heavy atom. The summed E-state index contributed by atoms with van der Waals surface area (Å²) in [5, 5.41) is 6.26. The van der Waals surface area contributed by atoms with Gasteiger partial charge in [0, 0.05) is 38.0 Å². The lowest BCUT2D eigenvalue weighted by Gasteiger charge is -2.10. The quantitative estimate of drug-likeness (QED) is 0.395. The monoisotopic (exact) mass is 401 g/mol. The molecule has 3 heterocycles. The number of aromatic nitrogens is 3. The first-order valence-corrected chi connectivity index (χ1v) is 9.53. The second-order valence-electron chi connectivity index (χ2n) is 6.51. The van der Waals surface area contributed by atoms with Gasteiger partial charge in [-0.15, -0.1) is 0 Å². The average Bonchev–Trinajstić information content (AvgIpc) is 3.14. The fourth-order valence-electron chi connectivity index (χ4n) is 2.74. The van der Waals surface area contributed by atoms with E-state index >= 15 is 0 Å². The third kappa shape index (κ3) is 5.47. The summed E-state index contributed by atoms with van der Waals surface area (Å²) in [5.41, 5.74) is 1.48. The fraction of sp³-hybridized carbons (Fsp3) is 0.400. The lowest BCUT2D eigenvalue weighted by atomic mass is 10.2. The highest BCUT2D eigenvalue weighted by molar-refractivity contribution is 5.83. The van der Waals surface area contributed by atoms with Gasteiger partial charge in [-0.3, -0.25) is 9.78 Å². The molecule has 0 aliphatic carbocycles. The van der Waals surface area contributed by atoms with E-state index in [2.05, 4.69) is 25.6 Å². The molecule has 3 aromatic rings. The van der Waals surface area contributed by atoms with Gasteiger partial charge in [-0.2, -0.15) is 0 Å². The molecule has 0 fully saturated rings. The molecule has 0 aromatic carbocycles. The van der Waals surface area contributed by atoms with Crippen molar-refractivity contribution in [1.82, 2.24) is 20.3 Å². The van der Waals surface area contributed by atoms with E-state index in [1.807, 2.05) is 6.92 Å². The van der Waals surface area contributed by atoms with E-state index < -0.39 is 0 Å². The molecule has 3 rings (SSSR count). The summed E-state index contributed by atoms with van der Waals surface area (Å²) in [6, 6.07) is 4.64. The molecule has 0 amide bonds. The van der Waals surface area contributed by atoms with Crippen molar-refractivity contribution in [3.63, 3.8) is 0 Å². The van der Waals surface area contributed by atoms with Crippen molar-refractivity contribution in [1.29, 1.82) is 0 Å². The maximum absolute atomic E-state index is 13.7. The van der Waals surface area contributed by atoms with Crippen LogP contribution in [-0.4, -0.2) is 40.6 Å². The number of carbonyl (C=O) groups excluding carboxylic acids is 1. The van der Waals surface area contributed by atoms with Crippen LogP contribution in [0.3, 0.4) is 0 Å². The van der Waals surface area contributed by atoms with Crippen molar-refractivity contribution < 1.29 is 18.3 Å².